The molecular weight excluding hydrogens is 487 g/mol. The highest BCUT2D eigenvalue weighted by molar-refractivity contribution is 6.01. The first-order valence-electron chi connectivity index (χ1n) is 13.5. The average molecular weight is 517 g/mol. The van der Waals surface area contributed by atoms with Crippen molar-refractivity contribution in [2.75, 3.05) is 13.1 Å². The first kappa shape index (κ1) is 23.7. The highest BCUT2D eigenvalue weighted by Crippen LogP contribution is 2.35. The van der Waals surface area contributed by atoms with Gasteiger partial charge in [-0.05, 0) is 91.5 Å². The quantitative estimate of drug-likeness (QED) is 0.253. The summed E-state index contributed by atoms with van der Waals surface area (Å²) in [7, 11) is 0. The Kier molecular flexibility index (Phi) is 5.93. The first-order valence-corrected chi connectivity index (χ1v) is 13.5. The Hall–Kier alpha value is -4.36. The third-order valence-corrected chi connectivity index (χ3v) is 7.70. The van der Waals surface area contributed by atoms with Crippen LogP contribution in [-0.4, -0.2) is 43.1 Å². The number of H-pyrrole nitrogens is 2. The van der Waals surface area contributed by atoms with Crippen molar-refractivity contribution in [2.45, 2.75) is 32.7 Å². The van der Waals surface area contributed by atoms with Crippen LogP contribution in [-0.2, 0) is 6.54 Å². The van der Waals surface area contributed by atoms with Crippen molar-refractivity contribution in [2.24, 2.45) is 0 Å². The zero-order chi connectivity index (χ0) is 26.3. The van der Waals surface area contributed by atoms with Gasteiger partial charge >= 0.3 is 0 Å². The fraction of sp³-hybridized carbons (Fsp3) is 0.219. The molecule has 1 aliphatic rings. The predicted molar refractivity (Wildman–Crippen MR) is 154 cm³/mol. The van der Waals surface area contributed by atoms with Crippen molar-refractivity contribution in [3.8, 4) is 33.6 Å². The molecule has 39 heavy (non-hydrogen) atoms. The molecule has 1 fully saturated rings. The van der Waals surface area contributed by atoms with Crippen molar-refractivity contribution in [1.82, 2.24) is 30.0 Å². The summed E-state index contributed by atoms with van der Waals surface area (Å²) in [6, 6.07) is 15.8. The number of piperidine rings is 1. The van der Waals surface area contributed by atoms with Crippen molar-refractivity contribution < 1.29 is 4.39 Å². The molecule has 0 bridgehead atoms. The van der Waals surface area contributed by atoms with Gasteiger partial charge in [-0.15, -0.1) is 0 Å². The summed E-state index contributed by atoms with van der Waals surface area (Å²) < 4.78 is 14.2. The van der Waals surface area contributed by atoms with E-state index in [4.69, 9.17) is 0 Å². The van der Waals surface area contributed by atoms with Crippen LogP contribution in [0.2, 0.25) is 0 Å². The lowest BCUT2D eigenvalue weighted by molar-refractivity contribution is 0.220. The van der Waals surface area contributed by atoms with Crippen LogP contribution in [0.5, 0.6) is 0 Å². The van der Waals surface area contributed by atoms with Crippen LogP contribution in [0.4, 0.5) is 4.39 Å². The minimum absolute atomic E-state index is 0.252. The number of pyridine rings is 2. The molecule has 6 aromatic rings. The molecule has 1 aliphatic heterocycles. The number of rotatable bonds is 5. The molecular formula is C32H29FN6. The second kappa shape index (κ2) is 9.75. The molecule has 0 saturated carbocycles. The molecule has 2 aromatic carbocycles. The number of fused-ring (bicyclic) bond motifs is 2. The zero-order valence-corrected chi connectivity index (χ0v) is 21.8. The van der Waals surface area contributed by atoms with E-state index in [1.165, 1.54) is 30.9 Å². The van der Waals surface area contributed by atoms with E-state index in [0.717, 1.165) is 80.6 Å². The summed E-state index contributed by atoms with van der Waals surface area (Å²) in [6.07, 6.45) is 11.4. The summed E-state index contributed by atoms with van der Waals surface area (Å²) in [5.74, 6) is -0.252. The van der Waals surface area contributed by atoms with E-state index in [-0.39, 0.29) is 5.82 Å². The van der Waals surface area contributed by atoms with Gasteiger partial charge in [0.2, 0.25) is 0 Å². The third kappa shape index (κ3) is 4.59. The van der Waals surface area contributed by atoms with Gasteiger partial charge in [-0.3, -0.25) is 20.0 Å². The summed E-state index contributed by atoms with van der Waals surface area (Å²) >= 11 is 0. The smallest absolute Gasteiger partial charge is 0.124 e. The Morgan fingerprint density at radius 1 is 0.795 bits per heavy atom. The van der Waals surface area contributed by atoms with Gasteiger partial charge in [-0.1, -0.05) is 18.6 Å². The molecule has 0 radical (unpaired) electrons. The van der Waals surface area contributed by atoms with E-state index in [2.05, 4.69) is 60.4 Å². The standard InChI is InChI=1S/C32H29FN6/c1-20-9-23(12-25(33)10-20)28-17-35-18-31-26(28)14-30(36-31)32-27-13-22(5-6-29(27)37-38-32)24-11-21(15-34-16-24)19-39-7-3-2-4-8-39/h5-6,9-18,36H,2-4,7-8,19H2,1H3,(H,37,38). The van der Waals surface area contributed by atoms with E-state index in [0.29, 0.717) is 0 Å². The van der Waals surface area contributed by atoms with Gasteiger partial charge in [-0.2, -0.15) is 5.10 Å². The fourth-order valence-electron chi connectivity index (χ4n) is 5.81. The number of hydrogen-bond acceptors (Lipinski definition) is 4. The Morgan fingerprint density at radius 2 is 1.67 bits per heavy atom. The summed E-state index contributed by atoms with van der Waals surface area (Å²) in [5, 5.41) is 9.84. The number of aromatic amines is 2. The normalized spacial score (nSPS) is 14.4. The van der Waals surface area contributed by atoms with Gasteiger partial charge in [0.05, 0.1) is 22.9 Å². The lowest BCUT2D eigenvalue weighted by Gasteiger charge is -2.26. The first-order chi connectivity index (χ1) is 19.1. The molecule has 6 nitrogen and oxygen atoms in total. The van der Waals surface area contributed by atoms with Gasteiger partial charge in [0.15, 0.2) is 0 Å². The molecule has 1 saturated heterocycles. The predicted octanol–water partition coefficient (Wildman–Crippen LogP) is 7.27. The molecule has 0 aliphatic carbocycles. The highest BCUT2D eigenvalue weighted by atomic mass is 19.1. The van der Waals surface area contributed by atoms with E-state index in [9.17, 15) is 4.39 Å². The average Bonchev–Trinajstić information content (AvgIpc) is 3.57. The van der Waals surface area contributed by atoms with Gasteiger partial charge < -0.3 is 4.98 Å². The van der Waals surface area contributed by atoms with Crippen molar-refractivity contribution in [3.05, 3.63) is 90.3 Å². The molecule has 7 heteroatoms. The summed E-state index contributed by atoms with van der Waals surface area (Å²) in [4.78, 5) is 15.0. The Labute approximate surface area is 225 Å². The number of nitrogens with zero attached hydrogens (tertiary/aromatic N) is 4. The maximum absolute atomic E-state index is 14.2. The molecule has 0 atom stereocenters. The Bertz CT molecular complexity index is 1790. The van der Waals surface area contributed by atoms with Crippen LogP contribution >= 0.6 is 0 Å². The molecule has 0 unspecified atom stereocenters. The number of benzene rings is 2. The topological polar surface area (TPSA) is 73.5 Å². The number of aromatic nitrogens is 5. The maximum atomic E-state index is 14.2. The third-order valence-electron chi connectivity index (χ3n) is 7.70. The molecule has 5 heterocycles. The van der Waals surface area contributed by atoms with Gasteiger partial charge in [0.25, 0.3) is 0 Å². The van der Waals surface area contributed by atoms with E-state index in [1.807, 2.05) is 25.4 Å². The van der Waals surface area contributed by atoms with Crippen LogP contribution in [0.15, 0.2) is 73.3 Å². The van der Waals surface area contributed by atoms with Crippen LogP contribution in [0.1, 0.15) is 30.4 Å². The Morgan fingerprint density at radius 3 is 2.54 bits per heavy atom. The molecule has 0 amide bonds. The highest BCUT2D eigenvalue weighted by Gasteiger charge is 2.16. The van der Waals surface area contributed by atoms with Crippen molar-refractivity contribution in [1.29, 1.82) is 0 Å². The van der Waals surface area contributed by atoms with Crippen LogP contribution in [0.25, 0.3) is 55.4 Å². The summed E-state index contributed by atoms with van der Waals surface area (Å²) in [6.45, 7) is 5.16. The van der Waals surface area contributed by atoms with E-state index < -0.39 is 0 Å². The largest absolute Gasteiger partial charge is 0.352 e. The van der Waals surface area contributed by atoms with Crippen molar-refractivity contribution >= 4 is 21.8 Å². The minimum atomic E-state index is -0.252. The van der Waals surface area contributed by atoms with Crippen LogP contribution in [0, 0.1) is 12.7 Å². The second-order valence-corrected chi connectivity index (χ2v) is 10.6. The second-order valence-electron chi connectivity index (χ2n) is 10.6. The molecule has 2 N–H and O–H groups in total. The number of aryl methyl sites for hydroxylation is 1. The molecule has 194 valence electrons. The summed E-state index contributed by atoms with van der Waals surface area (Å²) in [5.41, 5.74) is 9.57. The van der Waals surface area contributed by atoms with E-state index >= 15 is 0 Å². The van der Waals surface area contributed by atoms with Gasteiger partial charge in [0.1, 0.15) is 11.5 Å². The lowest BCUT2D eigenvalue weighted by atomic mass is 10.0. The lowest BCUT2D eigenvalue weighted by Crippen LogP contribution is -2.29. The van der Waals surface area contributed by atoms with Gasteiger partial charge in [0, 0.05) is 47.0 Å². The number of halogens is 1. The zero-order valence-electron chi connectivity index (χ0n) is 21.8. The monoisotopic (exact) mass is 516 g/mol. The van der Waals surface area contributed by atoms with Gasteiger partial charge in [-0.25, -0.2) is 4.39 Å². The van der Waals surface area contributed by atoms with Crippen LogP contribution in [0.3, 0.4) is 0 Å². The number of likely N-dealkylation sites (tertiary alicyclic amines) is 1. The molecule has 0 spiro atoms. The van der Waals surface area contributed by atoms with E-state index in [1.54, 1.807) is 18.5 Å². The SMILES string of the molecule is Cc1cc(F)cc(-c2cncc3[nH]c(-c4n[nH]c5ccc(-c6cncc(CN7CCCCC7)c6)cc45)cc23)c1. The molecule has 7 rings (SSSR count). The maximum Gasteiger partial charge on any atom is 0.124 e. The van der Waals surface area contributed by atoms with Crippen molar-refractivity contribution in [3.63, 3.8) is 0 Å². The van der Waals surface area contributed by atoms with Crippen LogP contribution < -0.4 is 0 Å². The molecule has 4 aromatic heterocycles. The Balaban J connectivity index is 1.26. The number of nitrogens with one attached hydrogen (secondary N) is 2. The minimum Gasteiger partial charge on any atom is -0.352 e. The number of hydrogen-bond donors (Lipinski definition) is 2. The fourth-order valence-corrected chi connectivity index (χ4v) is 5.81.